The number of pyridine rings is 1. The monoisotopic (exact) mass is 304 g/mol. The van der Waals surface area contributed by atoms with Gasteiger partial charge in [0.05, 0.1) is 6.20 Å². The summed E-state index contributed by atoms with van der Waals surface area (Å²) in [5.41, 5.74) is 0.771. The molecule has 3 heterocycles. The van der Waals surface area contributed by atoms with Crippen LogP contribution in [0.2, 0.25) is 0 Å². The summed E-state index contributed by atoms with van der Waals surface area (Å²) < 4.78 is 24.7. The first-order chi connectivity index (χ1) is 9.68. The molecule has 0 amide bonds. The molecule has 0 spiro atoms. The van der Waals surface area contributed by atoms with E-state index in [1.807, 2.05) is 6.07 Å². The molecule has 0 unspecified atom stereocenters. The van der Waals surface area contributed by atoms with E-state index < -0.39 is 9.84 Å². The van der Waals surface area contributed by atoms with Crippen molar-refractivity contribution in [3.63, 3.8) is 0 Å². The molecule has 0 aliphatic heterocycles. The van der Waals surface area contributed by atoms with Crippen molar-refractivity contribution in [3.8, 4) is 10.6 Å². The van der Waals surface area contributed by atoms with E-state index in [4.69, 9.17) is 0 Å². The molecule has 3 aromatic rings. The molecule has 20 heavy (non-hydrogen) atoms. The number of sulfone groups is 1. The minimum atomic E-state index is -3.71. The van der Waals surface area contributed by atoms with Gasteiger partial charge in [-0.25, -0.2) is 23.4 Å². The second-order valence-corrected chi connectivity index (χ2v) is 6.86. The van der Waals surface area contributed by atoms with Crippen molar-refractivity contribution < 1.29 is 8.42 Å². The Kier molecular flexibility index (Phi) is 3.25. The van der Waals surface area contributed by atoms with Crippen molar-refractivity contribution in [2.45, 2.75) is 9.37 Å². The van der Waals surface area contributed by atoms with E-state index in [2.05, 4.69) is 19.9 Å². The zero-order chi connectivity index (χ0) is 14.0. The Bertz CT molecular complexity index is 817. The van der Waals surface area contributed by atoms with Gasteiger partial charge in [-0.15, -0.1) is 11.3 Å². The van der Waals surface area contributed by atoms with Crippen LogP contribution in [-0.2, 0) is 9.84 Å². The molecule has 0 saturated carbocycles. The van der Waals surface area contributed by atoms with E-state index in [9.17, 15) is 8.42 Å². The lowest BCUT2D eigenvalue weighted by atomic mass is 10.3. The van der Waals surface area contributed by atoms with E-state index in [0.29, 0.717) is 5.01 Å². The van der Waals surface area contributed by atoms with Gasteiger partial charge in [-0.05, 0) is 18.2 Å². The summed E-state index contributed by atoms with van der Waals surface area (Å²) in [5.74, 6) is 0. The summed E-state index contributed by atoms with van der Waals surface area (Å²) >= 11 is 1.07. The maximum Gasteiger partial charge on any atom is 0.252 e. The summed E-state index contributed by atoms with van der Waals surface area (Å²) in [6.45, 7) is 0. The zero-order valence-electron chi connectivity index (χ0n) is 10.0. The predicted octanol–water partition coefficient (Wildman–Crippen LogP) is 1.83. The number of thiazole rings is 1. The first kappa shape index (κ1) is 12.8. The van der Waals surface area contributed by atoms with Crippen LogP contribution in [0.25, 0.3) is 10.6 Å². The van der Waals surface area contributed by atoms with E-state index in [-0.39, 0.29) is 9.37 Å². The van der Waals surface area contributed by atoms with Crippen LogP contribution in [0.3, 0.4) is 0 Å². The summed E-state index contributed by atoms with van der Waals surface area (Å²) in [6, 6.07) is 5.15. The summed E-state index contributed by atoms with van der Waals surface area (Å²) in [7, 11) is -3.71. The van der Waals surface area contributed by atoms with E-state index in [1.165, 1.54) is 18.6 Å². The van der Waals surface area contributed by atoms with Gasteiger partial charge in [0.2, 0.25) is 0 Å². The van der Waals surface area contributed by atoms with Crippen molar-refractivity contribution in [1.29, 1.82) is 0 Å². The van der Waals surface area contributed by atoms with Crippen molar-refractivity contribution in [1.82, 2.24) is 19.9 Å². The zero-order valence-corrected chi connectivity index (χ0v) is 11.7. The lowest BCUT2D eigenvalue weighted by Gasteiger charge is -1.97. The topological polar surface area (TPSA) is 85.7 Å². The fourth-order valence-corrected chi connectivity index (χ4v) is 3.83. The number of hydrogen-bond acceptors (Lipinski definition) is 7. The van der Waals surface area contributed by atoms with Gasteiger partial charge in [0, 0.05) is 30.4 Å². The van der Waals surface area contributed by atoms with Crippen molar-refractivity contribution in [2.24, 2.45) is 0 Å². The summed E-state index contributed by atoms with van der Waals surface area (Å²) in [5, 5.41) is 0.369. The van der Waals surface area contributed by atoms with Gasteiger partial charge in [-0.1, -0.05) is 0 Å². The van der Waals surface area contributed by atoms with Gasteiger partial charge < -0.3 is 0 Å². The lowest BCUT2D eigenvalue weighted by molar-refractivity contribution is 0.588. The molecule has 0 aromatic carbocycles. The smallest absolute Gasteiger partial charge is 0.252 e. The first-order valence-corrected chi connectivity index (χ1v) is 7.86. The van der Waals surface area contributed by atoms with Crippen molar-refractivity contribution in [2.75, 3.05) is 0 Å². The Hall–Kier alpha value is -2.19. The van der Waals surface area contributed by atoms with Crippen LogP contribution >= 0.6 is 11.3 Å². The highest BCUT2D eigenvalue weighted by Crippen LogP contribution is 2.29. The quantitative estimate of drug-likeness (QED) is 0.686. The predicted molar refractivity (Wildman–Crippen MR) is 72.8 cm³/mol. The Balaban J connectivity index is 2.03. The highest BCUT2D eigenvalue weighted by atomic mass is 32.2. The Morgan fingerprint density at radius 3 is 2.45 bits per heavy atom. The van der Waals surface area contributed by atoms with Crippen LogP contribution in [0.15, 0.2) is 58.5 Å². The molecule has 6 nitrogen and oxygen atoms in total. The first-order valence-electron chi connectivity index (χ1n) is 5.56. The molecule has 8 heteroatoms. The summed E-state index contributed by atoms with van der Waals surface area (Å²) in [4.78, 5) is 15.7. The van der Waals surface area contributed by atoms with E-state index in [0.717, 1.165) is 16.9 Å². The van der Waals surface area contributed by atoms with Gasteiger partial charge in [-0.3, -0.25) is 4.98 Å². The molecule has 0 radical (unpaired) electrons. The van der Waals surface area contributed by atoms with Crippen LogP contribution in [0.4, 0.5) is 0 Å². The molecule has 3 rings (SSSR count). The Morgan fingerprint density at radius 1 is 0.950 bits per heavy atom. The van der Waals surface area contributed by atoms with Gasteiger partial charge in [0.1, 0.15) is 9.22 Å². The normalized spacial score (nSPS) is 11.4. The van der Waals surface area contributed by atoms with Crippen LogP contribution in [-0.4, -0.2) is 28.4 Å². The van der Waals surface area contributed by atoms with Crippen LogP contribution < -0.4 is 0 Å². The van der Waals surface area contributed by atoms with Crippen LogP contribution in [0.1, 0.15) is 0 Å². The molecule has 0 atom stereocenters. The lowest BCUT2D eigenvalue weighted by Crippen LogP contribution is -2.04. The minimum Gasteiger partial charge on any atom is -0.264 e. The largest absolute Gasteiger partial charge is 0.264 e. The Labute approximate surface area is 119 Å². The van der Waals surface area contributed by atoms with Crippen molar-refractivity contribution >= 4 is 21.2 Å². The van der Waals surface area contributed by atoms with Crippen LogP contribution in [0, 0.1) is 0 Å². The van der Waals surface area contributed by atoms with Gasteiger partial charge in [0.15, 0.2) is 0 Å². The minimum absolute atomic E-state index is 0.113. The number of rotatable bonds is 3. The third-order valence-corrected chi connectivity index (χ3v) is 5.52. The standard InChI is InChI=1S/C12H8N4O2S2/c17-20(18,12-14-5-2-6-15-12)10-8-16-11(19-10)9-3-1-4-13-7-9/h1-8H. The molecular weight excluding hydrogens is 296 g/mol. The fraction of sp³-hybridized carbons (Fsp3) is 0. The highest BCUT2D eigenvalue weighted by molar-refractivity contribution is 7.93. The van der Waals surface area contributed by atoms with Gasteiger partial charge in [0.25, 0.3) is 15.0 Å². The number of nitrogens with zero attached hydrogens (tertiary/aromatic N) is 4. The molecule has 0 bridgehead atoms. The molecule has 0 saturated heterocycles. The second-order valence-electron chi connectivity index (χ2n) is 3.76. The van der Waals surface area contributed by atoms with Gasteiger partial charge >= 0.3 is 0 Å². The molecule has 0 fully saturated rings. The fourth-order valence-electron chi connectivity index (χ4n) is 1.52. The Morgan fingerprint density at radius 2 is 1.75 bits per heavy atom. The number of aromatic nitrogens is 4. The maximum atomic E-state index is 12.3. The molecule has 3 aromatic heterocycles. The third-order valence-electron chi connectivity index (χ3n) is 2.44. The highest BCUT2D eigenvalue weighted by Gasteiger charge is 2.23. The molecular formula is C12H8N4O2S2. The average Bonchev–Trinajstić information content (AvgIpc) is 3.00. The SMILES string of the molecule is O=S(=O)(c1ncccn1)c1cnc(-c2cccnc2)s1. The van der Waals surface area contributed by atoms with E-state index in [1.54, 1.807) is 24.5 Å². The second kappa shape index (κ2) is 5.06. The molecule has 100 valence electrons. The van der Waals surface area contributed by atoms with E-state index >= 15 is 0 Å². The molecule has 0 aliphatic carbocycles. The average molecular weight is 304 g/mol. The summed E-state index contributed by atoms with van der Waals surface area (Å²) in [6.07, 6.45) is 7.38. The third kappa shape index (κ3) is 2.30. The molecule has 0 aliphatic rings. The van der Waals surface area contributed by atoms with Gasteiger partial charge in [-0.2, -0.15) is 0 Å². The number of hydrogen-bond donors (Lipinski definition) is 0. The molecule has 0 N–H and O–H groups in total. The maximum absolute atomic E-state index is 12.3. The van der Waals surface area contributed by atoms with Crippen molar-refractivity contribution in [3.05, 3.63) is 49.2 Å². The van der Waals surface area contributed by atoms with Crippen LogP contribution in [0.5, 0.6) is 0 Å².